The summed E-state index contributed by atoms with van der Waals surface area (Å²) in [4.78, 5) is 42.2. The Kier molecular flexibility index (Phi) is 6.07. The lowest BCUT2D eigenvalue weighted by molar-refractivity contribution is -0.138. The van der Waals surface area contributed by atoms with Crippen molar-refractivity contribution in [2.45, 2.75) is 33.0 Å². The molecule has 7 nitrogen and oxygen atoms in total. The number of benzene rings is 1. The Bertz CT molecular complexity index is 848. The summed E-state index contributed by atoms with van der Waals surface area (Å²) in [5.41, 5.74) is -0.683. The van der Waals surface area contributed by atoms with Crippen LogP contribution in [0.2, 0.25) is 0 Å². The van der Waals surface area contributed by atoms with Crippen LogP contribution in [0.3, 0.4) is 0 Å². The SMILES string of the molecule is CC(C)C(=O)N1CCN([C@H](C)C(=O)N2CC(=O)Nc3cc(C(F)(F)F)ccc32)CC1. The van der Waals surface area contributed by atoms with Crippen LogP contribution in [-0.4, -0.2) is 66.3 Å². The molecule has 30 heavy (non-hydrogen) atoms. The highest BCUT2D eigenvalue weighted by Crippen LogP contribution is 2.37. The van der Waals surface area contributed by atoms with Gasteiger partial charge in [-0.25, -0.2) is 0 Å². The quantitative estimate of drug-likeness (QED) is 0.804. The number of alkyl halides is 3. The molecule has 1 aromatic rings. The molecular formula is C20H25F3N4O3. The molecule has 2 heterocycles. The first kappa shape index (κ1) is 22.1. The maximum atomic E-state index is 13.1. The number of piperazine rings is 1. The minimum atomic E-state index is -4.55. The molecule has 0 spiro atoms. The van der Waals surface area contributed by atoms with Gasteiger partial charge in [0.15, 0.2) is 0 Å². The van der Waals surface area contributed by atoms with Crippen molar-refractivity contribution < 1.29 is 27.6 Å². The average Bonchev–Trinajstić information content (AvgIpc) is 2.70. The summed E-state index contributed by atoms with van der Waals surface area (Å²) in [6.07, 6.45) is -4.55. The van der Waals surface area contributed by atoms with Crippen molar-refractivity contribution in [3.05, 3.63) is 23.8 Å². The van der Waals surface area contributed by atoms with E-state index in [9.17, 15) is 27.6 Å². The van der Waals surface area contributed by atoms with Crippen LogP contribution in [0, 0.1) is 5.92 Å². The first-order valence-electron chi connectivity index (χ1n) is 9.84. The summed E-state index contributed by atoms with van der Waals surface area (Å²) in [5, 5.41) is 2.41. The average molecular weight is 426 g/mol. The number of hydrogen-bond acceptors (Lipinski definition) is 4. The van der Waals surface area contributed by atoms with E-state index in [0.29, 0.717) is 26.2 Å². The zero-order chi connectivity index (χ0) is 22.2. The topological polar surface area (TPSA) is 73.0 Å². The number of fused-ring (bicyclic) bond motifs is 1. The molecule has 0 aromatic heterocycles. The van der Waals surface area contributed by atoms with Crippen LogP contribution >= 0.6 is 0 Å². The van der Waals surface area contributed by atoms with Crippen LogP contribution in [0.4, 0.5) is 24.5 Å². The molecular weight excluding hydrogens is 401 g/mol. The third-order valence-electron chi connectivity index (χ3n) is 5.48. The molecule has 3 amide bonds. The standard InChI is InChI=1S/C20H25F3N4O3/c1-12(2)18(29)26-8-6-25(7-9-26)13(3)19(30)27-11-17(28)24-15-10-14(20(21,22)23)4-5-16(15)27/h4-5,10,12-13H,6-9,11H2,1-3H3,(H,24,28)/t13-/m1/s1. The maximum absolute atomic E-state index is 13.1. The maximum Gasteiger partial charge on any atom is 0.416 e. The lowest BCUT2D eigenvalue weighted by Gasteiger charge is -2.40. The molecule has 1 saturated heterocycles. The number of anilines is 2. The molecule has 0 aliphatic carbocycles. The molecule has 1 atom stereocenters. The summed E-state index contributed by atoms with van der Waals surface area (Å²) in [6, 6.07) is 2.37. The van der Waals surface area contributed by atoms with Crippen LogP contribution in [0.15, 0.2) is 18.2 Å². The normalized spacial score (nSPS) is 18.8. The first-order chi connectivity index (χ1) is 14.0. The van der Waals surface area contributed by atoms with Crippen molar-refractivity contribution in [3.63, 3.8) is 0 Å². The lowest BCUT2D eigenvalue weighted by Crippen LogP contribution is -2.57. The molecule has 164 valence electrons. The van der Waals surface area contributed by atoms with E-state index < -0.39 is 23.7 Å². The Morgan fingerprint density at radius 1 is 1.03 bits per heavy atom. The van der Waals surface area contributed by atoms with Crippen LogP contribution < -0.4 is 10.2 Å². The molecule has 1 aromatic carbocycles. The van der Waals surface area contributed by atoms with Crippen molar-refractivity contribution in [1.82, 2.24) is 9.80 Å². The molecule has 0 radical (unpaired) electrons. The minimum Gasteiger partial charge on any atom is -0.340 e. The molecule has 0 unspecified atom stereocenters. The van der Waals surface area contributed by atoms with Gasteiger partial charge in [-0.15, -0.1) is 0 Å². The monoisotopic (exact) mass is 426 g/mol. The van der Waals surface area contributed by atoms with Gasteiger partial charge >= 0.3 is 6.18 Å². The second-order valence-corrected chi connectivity index (χ2v) is 7.89. The number of hydrogen-bond donors (Lipinski definition) is 1. The largest absolute Gasteiger partial charge is 0.416 e. The van der Waals surface area contributed by atoms with Crippen molar-refractivity contribution in [2.75, 3.05) is 42.9 Å². The Labute approximate surface area is 172 Å². The number of nitrogens with zero attached hydrogens (tertiary/aromatic N) is 3. The Balaban J connectivity index is 1.74. The number of nitrogens with one attached hydrogen (secondary N) is 1. The number of rotatable bonds is 3. The van der Waals surface area contributed by atoms with E-state index in [2.05, 4.69) is 5.32 Å². The van der Waals surface area contributed by atoms with Gasteiger partial charge in [0.2, 0.25) is 17.7 Å². The first-order valence-corrected chi connectivity index (χ1v) is 9.84. The van der Waals surface area contributed by atoms with Gasteiger partial charge in [0, 0.05) is 32.1 Å². The van der Waals surface area contributed by atoms with Crippen molar-refractivity contribution in [3.8, 4) is 0 Å². The number of halogens is 3. The highest BCUT2D eigenvalue weighted by atomic mass is 19.4. The fourth-order valence-electron chi connectivity index (χ4n) is 3.74. The van der Waals surface area contributed by atoms with E-state index in [4.69, 9.17) is 0 Å². The molecule has 2 aliphatic heterocycles. The van der Waals surface area contributed by atoms with Crippen molar-refractivity contribution in [1.29, 1.82) is 0 Å². The van der Waals surface area contributed by atoms with Gasteiger partial charge in [-0.3, -0.25) is 24.2 Å². The van der Waals surface area contributed by atoms with E-state index in [1.54, 1.807) is 11.8 Å². The fourth-order valence-corrected chi connectivity index (χ4v) is 3.74. The number of amides is 3. The molecule has 3 rings (SSSR count). The van der Waals surface area contributed by atoms with Crippen LogP contribution in [0.1, 0.15) is 26.3 Å². The van der Waals surface area contributed by atoms with Gasteiger partial charge in [-0.05, 0) is 25.1 Å². The van der Waals surface area contributed by atoms with Gasteiger partial charge in [0.25, 0.3) is 0 Å². The van der Waals surface area contributed by atoms with Gasteiger partial charge < -0.3 is 10.2 Å². The molecule has 0 saturated carbocycles. The van der Waals surface area contributed by atoms with E-state index in [1.807, 2.05) is 18.7 Å². The van der Waals surface area contributed by atoms with Crippen LogP contribution in [0.25, 0.3) is 0 Å². The van der Waals surface area contributed by atoms with Gasteiger partial charge in [-0.1, -0.05) is 13.8 Å². The number of carbonyl (C=O) groups excluding carboxylic acids is 3. The number of carbonyl (C=O) groups is 3. The Morgan fingerprint density at radius 3 is 2.23 bits per heavy atom. The summed E-state index contributed by atoms with van der Waals surface area (Å²) in [5.74, 6) is -0.944. The van der Waals surface area contributed by atoms with Gasteiger partial charge in [0.1, 0.15) is 6.54 Å². The zero-order valence-corrected chi connectivity index (χ0v) is 17.1. The molecule has 2 aliphatic rings. The van der Waals surface area contributed by atoms with E-state index >= 15 is 0 Å². The highest BCUT2D eigenvalue weighted by Gasteiger charge is 2.36. The molecule has 10 heteroatoms. The lowest BCUT2D eigenvalue weighted by atomic mass is 10.1. The Morgan fingerprint density at radius 2 is 1.67 bits per heavy atom. The summed E-state index contributed by atoms with van der Waals surface area (Å²) >= 11 is 0. The van der Waals surface area contributed by atoms with Gasteiger partial charge in [-0.2, -0.15) is 13.2 Å². The van der Waals surface area contributed by atoms with E-state index in [1.165, 1.54) is 11.0 Å². The third-order valence-corrected chi connectivity index (χ3v) is 5.48. The fraction of sp³-hybridized carbons (Fsp3) is 0.550. The van der Waals surface area contributed by atoms with Gasteiger partial charge in [0.05, 0.1) is 23.0 Å². The van der Waals surface area contributed by atoms with Crippen LogP contribution in [0.5, 0.6) is 0 Å². The second kappa shape index (κ2) is 8.25. The smallest absolute Gasteiger partial charge is 0.340 e. The second-order valence-electron chi connectivity index (χ2n) is 7.89. The molecule has 1 N–H and O–H groups in total. The Hall–Kier alpha value is -2.62. The van der Waals surface area contributed by atoms with Crippen LogP contribution in [-0.2, 0) is 20.6 Å². The summed E-state index contributed by atoms with van der Waals surface area (Å²) < 4.78 is 39.0. The van der Waals surface area contributed by atoms with E-state index in [-0.39, 0.29) is 35.7 Å². The van der Waals surface area contributed by atoms with Crippen molar-refractivity contribution >= 4 is 29.1 Å². The highest BCUT2D eigenvalue weighted by molar-refractivity contribution is 6.11. The minimum absolute atomic E-state index is 0.0334. The predicted molar refractivity (Wildman–Crippen MR) is 105 cm³/mol. The molecule has 1 fully saturated rings. The third kappa shape index (κ3) is 4.43. The summed E-state index contributed by atoms with van der Waals surface area (Å²) in [6.45, 7) is 7.14. The molecule has 0 bridgehead atoms. The predicted octanol–water partition coefficient (Wildman–Crippen LogP) is 2.18. The zero-order valence-electron chi connectivity index (χ0n) is 17.1. The van der Waals surface area contributed by atoms with E-state index in [0.717, 1.165) is 12.1 Å². The summed E-state index contributed by atoms with van der Waals surface area (Å²) in [7, 11) is 0. The van der Waals surface area contributed by atoms with Crippen molar-refractivity contribution in [2.24, 2.45) is 5.92 Å².